The van der Waals surface area contributed by atoms with Gasteiger partial charge in [-0.2, -0.15) is 15.0 Å². The van der Waals surface area contributed by atoms with Crippen LogP contribution in [0, 0.1) is 12.8 Å². The van der Waals surface area contributed by atoms with Gasteiger partial charge in [0.2, 0.25) is 5.95 Å². The number of hydrogen-bond acceptors (Lipinski definition) is 6. The zero-order chi connectivity index (χ0) is 23.7. The summed E-state index contributed by atoms with van der Waals surface area (Å²) in [6.45, 7) is 5.48. The first-order valence-corrected chi connectivity index (χ1v) is 12.2. The number of piperidine rings is 1. The van der Waals surface area contributed by atoms with Crippen LogP contribution in [0.3, 0.4) is 0 Å². The Morgan fingerprint density at radius 3 is 2.85 bits per heavy atom. The molecular weight excluding hydrogens is 494 g/mol. The third-order valence-electron chi connectivity index (χ3n) is 6.43. The minimum atomic E-state index is -0.00212. The maximum atomic E-state index is 13.8. The molecule has 0 aliphatic carbocycles. The summed E-state index contributed by atoms with van der Waals surface area (Å²) in [5.41, 5.74) is 3.19. The second-order valence-corrected chi connectivity index (χ2v) is 9.63. The molecule has 2 atom stereocenters. The summed E-state index contributed by atoms with van der Waals surface area (Å²) < 4.78 is 0.967. The number of aryl methyl sites for hydroxylation is 1. The highest BCUT2D eigenvalue weighted by molar-refractivity contribution is 9.10. The van der Waals surface area contributed by atoms with E-state index in [0.717, 1.165) is 33.8 Å². The molecule has 0 bridgehead atoms. The highest BCUT2D eigenvalue weighted by Crippen LogP contribution is 2.28. The highest BCUT2D eigenvalue weighted by atomic mass is 79.9. The van der Waals surface area contributed by atoms with Crippen molar-refractivity contribution in [2.45, 2.75) is 32.7 Å². The number of nitrogens with zero attached hydrogens (tertiary/aromatic N) is 6. The third-order valence-corrected chi connectivity index (χ3v) is 7.13. The van der Waals surface area contributed by atoms with E-state index in [1.54, 1.807) is 12.4 Å². The average molecular weight is 520 g/mol. The van der Waals surface area contributed by atoms with Gasteiger partial charge in [0, 0.05) is 29.1 Å². The van der Waals surface area contributed by atoms with Gasteiger partial charge in [-0.1, -0.05) is 40.5 Å². The maximum absolute atomic E-state index is 13.8. The van der Waals surface area contributed by atoms with Crippen LogP contribution in [0.4, 0.5) is 5.95 Å². The molecule has 174 valence electrons. The quantitative estimate of drug-likeness (QED) is 0.413. The predicted molar refractivity (Wildman–Crippen MR) is 135 cm³/mol. The normalized spacial score (nSPS) is 18.3. The number of halogens is 1. The highest BCUT2D eigenvalue weighted by Gasteiger charge is 2.33. The van der Waals surface area contributed by atoms with Crippen molar-refractivity contribution in [1.82, 2.24) is 29.9 Å². The molecule has 1 aliphatic rings. The van der Waals surface area contributed by atoms with Gasteiger partial charge in [0.05, 0.1) is 35.2 Å². The molecule has 1 N–H and O–H groups in total. The van der Waals surface area contributed by atoms with E-state index < -0.39 is 0 Å². The molecule has 0 spiro atoms. The van der Waals surface area contributed by atoms with Crippen molar-refractivity contribution in [3.05, 3.63) is 70.6 Å². The minimum Gasteiger partial charge on any atom is -0.352 e. The van der Waals surface area contributed by atoms with Gasteiger partial charge in [0.15, 0.2) is 0 Å². The van der Waals surface area contributed by atoms with Gasteiger partial charge in [0.25, 0.3) is 5.91 Å². The third kappa shape index (κ3) is 4.40. The molecule has 2 aromatic carbocycles. The van der Waals surface area contributed by atoms with Gasteiger partial charge in [-0.05, 0) is 49.9 Å². The molecule has 5 rings (SSSR count). The summed E-state index contributed by atoms with van der Waals surface area (Å²) in [6.07, 6.45) is 7.10. The number of amides is 1. The Morgan fingerprint density at radius 1 is 1.21 bits per heavy atom. The summed E-state index contributed by atoms with van der Waals surface area (Å²) in [7, 11) is 0. The summed E-state index contributed by atoms with van der Waals surface area (Å²) in [4.78, 5) is 26.5. The fourth-order valence-corrected chi connectivity index (χ4v) is 5.06. The first-order chi connectivity index (χ1) is 16.5. The van der Waals surface area contributed by atoms with Crippen molar-refractivity contribution in [3.8, 4) is 5.69 Å². The van der Waals surface area contributed by atoms with Crippen LogP contribution in [0.5, 0.6) is 0 Å². The number of carbonyl (C=O) groups is 1. The smallest absolute Gasteiger partial charge is 0.256 e. The molecule has 1 saturated heterocycles. The molecule has 9 heteroatoms. The van der Waals surface area contributed by atoms with Gasteiger partial charge >= 0.3 is 0 Å². The van der Waals surface area contributed by atoms with Crippen molar-refractivity contribution >= 4 is 38.7 Å². The monoisotopic (exact) mass is 519 g/mol. The Kier molecular flexibility index (Phi) is 6.28. The molecule has 4 aromatic rings. The number of fused-ring (bicyclic) bond motifs is 1. The lowest BCUT2D eigenvalue weighted by atomic mass is 9.90. The molecule has 1 amide bonds. The van der Waals surface area contributed by atoms with Crippen LogP contribution in [0.1, 0.15) is 35.7 Å². The molecule has 2 aromatic heterocycles. The minimum absolute atomic E-state index is 0.00212. The van der Waals surface area contributed by atoms with Gasteiger partial charge < -0.3 is 10.2 Å². The Labute approximate surface area is 206 Å². The molecule has 8 nitrogen and oxygen atoms in total. The van der Waals surface area contributed by atoms with E-state index in [4.69, 9.17) is 0 Å². The number of nitrogens with one attached hydrogen (secondary N) is 1. The van der Waals surface area contributed by atoms with Crippen LogP contribution in [0.2, 0.25) is 0 Å². The van der Waals surface area contributed by atoms with Gasteiger partial charge in [-0.25, -0.2) is 9.97 Å². The molecule has 3 heterocycles. The van der Waals surface area contributed by atoms with Crippen LogP contribution in [-0.4, -0.2) is 54.9 Å². The Hall–Kier alpha value is -3.33. The van der Waals surface area contributed by atoms with Crippen molar-refractivity contribution in [2.24, 2.45) is 5.92 Å². The van der Waals surface area contributed by atoms with Crippen LogP contribution >= 0.6 is 15.9 Å². The molecule has 0 saturated carbocycles. The van der Waals surface area contributed by atoms with Crippen molar-refractivity contribution < 1.29 is 4.79 Å². The summed E-state index contributed by atoms with van der Waals surface area (Å²) in [5.74, 6) is 0.904. The molecule has 34 heavy (non-hydrogen) atoms. The Bertz CT molecular complexity index is 1320. The lowest BCUT2D eigenvalue weighted by molar-refractivity contribution is 0.0539. The lowest BCUT2D eigenvalue weighted by Crippen LogP contribution is -2.51. The average Bonchev–Trinajstić information content (AvgIpc) is 3.37. The second kappa shape index (κ2) is 9.50. The molecule has 0 unspecified atom stereocenters. The first kappa shape index (κ1) is 22.5. The summed E-state index contributed by atoms with van der Waals surface area (Å²) >= 11 is 3.55. The fourth-order valence-electron chi connectivity index (χ4n) is 4.60. The van der Waals surface area contributed by atoms with E-state index in [2.05, 4.69) is 48.3 Å². The summed E-state index contributed by atoms with van der Waals surface area (Å²) in [6, 6.07) is 11.7. The molecule has 1 aliphatic heterocycles. The van der Waals surface area contributed by atoms with E-state index in [1.807, 2.05) is 54.4 Å². The number of aromatic nitrogens is 5. The Balaban J connectivity index is 1.41. The molecule has 1 fully saturated rings. The number of carbonyl (C=O) groups excluding carboxylic acids is 1. The maximum Gasteiger partial charge on any atom is 0.256 e. The SMILES string of the molecule is Cc1ccc(-n2nccn2)c(C(=O)N2CCC[C@@H](C)[C@H]2CNc2ncc3c(Br)cccc3n2)c1. The van der Waals surface area contributed by atoms with E-state index in [9.17, 15) is 4.79 Å². The van der Waals surface area contributed by atoms with Gasteiger partial charge in [-0.3, -0.25) is 4.79 Å². The Morgan fingerprint density at radius 2 is 2.03 bits per heavy atom. The lowest BCUT2D eigenvalue weighted by Gasteiger charge is -2.40. The first-order valence-electron chi connectivity index (χ1n) is 11.4. The predicted octanol–water partition coefficient (Wildman–Crippen LogP) is 4.63. The number of anilines is 1. The van der Waals surface area contributed by atoms with Crippen LogP contribution in [0.25, 0.3) is 16.6 Å². The number of rotatable bonds is 5. The largest absolute Gasteiger partial charge is 0.352 e. The number of benzene rings is 2. The van der Waals surface area contributed by atoms with E-state index in [0.29, 0.717) is 36.2 Å². The van der Waals surface area contributed by atoms with E-state index >= 15 is 0 Å². The van der Waals surface area contributed by atoms with Crippen LogP contribution < -0.4 is 5.32 Å². The second-order valence-electron chi connectivity index (χ2n) is 8.77. The number of likely N-dealkylation sites (tertiary alicyclic amines) is 1. The molecule has 0 radical (unpaired) electrons. The van der Waals surface area contributed by atoms with Gasteiger partial charge in [-0.15, -0.1) is 0 Å². The van der Waals surface area contributed by atoms with Crippen molar-refractivity contribution in [3.63, 3.8) is 0 Å². The molecular formula is C25H26BrN7O. The van der Waals surface area contributed by atoms with E-state index in [1.165, 1.54) is 4.80 Å². The van der Waals surface area contributed by atoms with Gasteiger partial charge in [0.1, 0.15) is 0 Å². The van der Waals surface area contributed by atoms with Crippen molar-refractivity contribution in [1.29, 1.82) is 0 Å². The standard InChI is InChI=1S/C25H26BrN7O/c1-16-8-9-22(33-29-10-11-30-33)18(13-16)24(34)32-12-4-5-17(2)23(32)15-28-25-27-14-19-20(26)6-3-7-21(19)31-25/h3,6-11,13-14,17,23H,4-5,12,15H2,1-2H3,(H,27,28,31)/t17-,23-/m1/s1. The fraction of sp³-hybridized carbons (Fsp3) is 0.320. The number of hydrogen-bond donors (Lipinski definition) is 1. The van der Waals surface area contributed by atoms with Crippen LogP contribution in [0.15, 0.2) is 59.5 Å². The van der Waals surface area contributed by atoms with E-state index in [-0.39, 0.29) is 11.9 Å². The topological polar surface area (TPSA) is 88.8 Å². The zero-order valence-electron chi connectivity index (χ0n) is 19.1. The zero-order valence-corrected chi connectivity index (χ0v) is 20.7. The van der Waals surface area contributed by atoms with Crippen LogP contribution in [-0.2, 0) is 0 Å². The van der Waals surface area contributed by atoms with Crippen molar-refractivity contribution in [2.75, 3.05) is 18.4 Å². The summed E-state index contributed by atoms with van der Waals surface area (Å²) in [5, 5.41) is 12.8.